The molecular formula is C13H17N3O2S. The van der Waals surface area contributed by atoms with Gasteiger partial charge in [-0.25, -0.2) is 13.4 Å². The topological polar surface area (TPSA) is 78.0 Å². The number of aryl methyl sites for hydroxylation is 1. The highest BCUT2D eigenvalue weighted by molar-refractivity contribution is 7.91. The molecule has 0 saturated carbocycles. The molecule has 1 aromatic heterocycles. The number of anilines is 1. The zero-order valence-electron chi connectivity index (χ0n) is 10.8. The van der Waals surface area contributed by atoms with Gasteiger partial charge in [0.1, 0.15) is 0 Å². The van der Waals surface area contributed by atoms with Gasteiger partial charge in [-0.3, -0.25) is 0 Å². The van der Waals surface area contributed by atoms with Crippen molar-refractivity contribution in [1.82, 2.24) is 9.55 Å². The van der Waals surface area contributed by atoms with E-state index in [9.17, 15) is 8.42 Å². The van der Waals surface area contributed by atoms with E-state index >= 15 is 0 Å². The molecule has 0 spiro atoms. The van der Waals surface area contributed by atoms with Crippen LogP contribution in [0.2, 0.25) is 0 Å². The van der Waals surface area contributed by atoms with Crippen molar-refractivity contribution < 1.29 is 8.42 Å². The number of hydrogen-bond donors (Lipinski definition) is 1. The first-order valence-corrected chi connectivity index (χ1v) is 8.23. The standard InChI is InChI=1S/C13H17N3O2S/c1-9-4-2-6-11-12(9)15-13(14)16(11)10-5-3-7-19(17,18)8-10/h2,4,6,10H,3,5,7-8H2,1H3,(H2,14,15). The van der Waals surface area contributed by atoms with Gasteiger partial charge in [0.2, 0.25) is 5.95 Å². The van der Waals surface area contributed by atoms with Crippen molar-refractivity contribution >= 4 is 26.8 Å². The average Bonchev–Trinajstić information content (AvgIpc) is 2.66. The average molecular weight is 279 g/mol. The number of para-hydroxylation sites is 1. The molecule has 5 nitrogen and oxygen atoms in total. The van der Waals surface area contributed by atoms with Gasteiger partial charge in [0.05, 0.1) is 28.6 Å². The van der Waals surface area contributed by atoms with Gasteiger partial charge in [-0.15, -0.1) is 0 Å². The molecule has 0 bridgehead atoms. The summed E-state index contributed by atoms with van der Waals surface area (Å²) in [6.45, 7) is 1.98. The van der Waals surface area contributed by atoms with E-state index < -0.39 is 9.84 Å². The van der Waals surface area contributed by atoms with E-state index in [1.54, 1.807) is 0 Å². The highest BCUT2D eigenvalue weighted by Gasteiger charge is 2.28. The van der Waals surface area contributed by atoms with Crippen LogP contribution in [0.5, 0.6) is 0 Å². The fourth-order valence-corrected chi connectivity index (χ4v) is 4.54. The van der Waals surface area contributed by atoms with Crippen LogP contribution in [0.1, 0.15) is 24.4 Å². The molecule has 1 atom stereocenters. The van der Waals surface area contributed by atoms with Gasteiger partial charge < -0.3 is 10.3 Å². The van der Waals surface area contributed by atoms with Crippen molar-refractivity contribution in [2.75, 3.05) is 17.2 Å². The lowest BCUT2D eigenvalue weighted by Crippen LogP contribution is -2.28. The Bertz CT molecular complexity index is 734. The molecule has 2 heterocycles. The zero-order valence-corrected chi connectivity index (χ0v) is 11.7. The molecule has 0 amide bonds. The van der Waals surface area contributed by atoms with Crippen LogP contribution >= 0.6 is 0 Å². The third kappa shape index (κ3) is 2.10. The minimum atomic E-state index is -2.96. The third-order valence-corrected chi connectivity index (χ3v) is 5.56. The van der Waals surface area contributed by atoms with Crippen molar-refractivity contribution in [1.29, 1.82) is 0 Å². The van der Waals surface area contributed by atoms with Crippen LogP contribution in [-0.2, 0) is 9.84 Å². The van der Waals surface area contributed by atoms with E-state index in [1.165, 1.54) is 0 Å². The highest BCUT2D eigenvalue weighted by Crippen LogP contribution is 2.30. The van der Waals surface area contributed by atoms with Gasteiger partial charge in [-0.05, 0) is 31.4 Å². The number of nitrogen functional groups attached to an aromatic ring is 1. The molecular weight excluding hydrogens is 262 g/mol. The number of hydrogen-bond acceptors (Lipinski definition) is 4. The van der Waals surface area contributed by atoms with Gasteiger partial charge in [0, 0.05) is 0 Å². The summed E-state index contributed by atoms with van der Waals surface area (Å²) in [5.41, 5.74) is 8.85. The van der Waals surface area contributed by atoms with Crippen LogP contribution in [0.3, 0.4) is 0 Å². The number of imidazole rings is 1. The van der Waals surface area contributed by atoms with Gasteiger partial charge in [0.15, 0.2) is 9.84 Å². The summed E-state index contributed by atoms with van der Waals surface area (Å²) in [6, 6.07) is 5.79. The lowest BCUT2D eigenvalue weighted by atomic mass is 10.1. The second-order valence-electron chi connectivity index (χ2n) is 5.19. The van der Waals surface area contributed by atoms with Crippen molar-refractivity contribution in [2.24, 2.45) is 0 Å². The summed E-state index contributed by atoms with van der Waals surface area (Å²) in [5, 5.41) is 0. The highest BCUT2D eigenvalue weighted by atomic mass is 32.2. The van der Waals surface area contributed by atoms with E-state index in [0.29, 0.717) is 12.4 Å². The lowest BCUT2D eigenvalue weighted by molar-refractivity contribution is 0.483. The Labute approximate surface area is 112 Å². The maximum Gasteiger partial charge on any atom is 0.201 e. The van der Waals surface area contributed by atoms with E-state index in [4.69, 9.17) is 5.73 Å². The molecule has 2 aromatic rings. The summed E-state index contributed by atoms with van der Waals surface area (Å²) >= 11 is 0. The minimum Gasteiger partial charge on any atom is -0.369 e. The number of sulfone groups is 1. The Kier molecular flexibility index (Phi) is 2.78. The quantitative estimate of drug-likeness (QED) is 0.861. The molecule has 1 saturated heterocycles. The van der Waals surface area contributed by atoms with Crippen molar-refractivity contribution in [3.05, 3.63) is 23.8 Å². The maximum absolute atomic E-state index is 11.8. The number of aromatic nitrogens is 2. The summed E-state index contributed by atoms with van der Waals surface area (Å²) in [7, 11) is -2.96. The second kappa shape index (κ2) is 4.23. The number of fused-ring (bicyclic) bond motifs is 1. The third-order valence-electron chi connectivity index (χ3n) is 3.75. The fraction of sp³-hybridized carbons (Fsp3) is 0.462. The first-order chi connectivity index (χ1) is 8.98. The molecule has 0 radical (unpaired) electrons. The van der Waals surface area contributed by atoms with Crippen molar-refractivity contribution in [3.8, 4) is 0 Å². The van der Waals surface area contributed by atoms with E-state index in [1.807, 2.05) is 29.7 Å². The fourth-order valence-electron chi connectivity index (χ4n) is 2.86. The molecule has 0 aliphatic carbocycles. The molecule has 1 aliphatic heterocycles. The van der Waals surface area contributed by atoms with Crippen LogP contribution in [-0.4, -0.2) is 29.5 Å². The van der Waals surface area contributed by atoms with E-state index in [2.05, 4.69) is 4.98 Å². The van der Waals surface area contributed by atoms with E-state index in [-0.39, 0.29) is 17.5 Å². The SMILES string of the molecule is Cc1cccc2c1nc(N)n2C1CCCS(=O)(=O)C1. The minimum absolute atomic E-state index is 0.0921. The zero-order chi connectivity index (χ0) is 13.6. The van der Waals surface area contributed by atoms with E-state index in [0.717, 1.165) is 23.0 Å². The smallest absolute Gasteiger partial charge is 0.201 e. The van der Waals surface area contributed by atoms with Crippen molar-refractivity contribution in [2.45, 2.75) is 25.8 Å². The number of rotatable bonds is 1. The molecule has 1 aliphatic rings. The Morgan fingerprint density at radius 2 is 2.21 bits per heavy atom. The monoisotopic (exact) mass is 279 g/mol. The Hall–Kier alpha value is -1.56. The summed E-state index contributed by atoms with van der Waals surface area (Å²) in [5.74, 6) is 0.859. The van der Waals surface area contributed by atoms with Gasteiger partial charge >= 0.3 is 0 Å². The predicted octanol–water partition coefficient (Wildman–Crippen LogP) is 1.68. The van der Waals surface area contributed by atoms with Crippen molar-refractivity contribution in [3.63, 3.8) is 0 Å². The Morgan fingerprint density at radius 1 is 1.42 bits per heavy atom. The number of nitrogens with two attached hydrogens (primary N) is 1. The summed E-state index contributed by atoms with van der Waals surface area (Å²) < 4.78 is 25.5. The number of benzene rings is 1. The second-order valence-corrected chi connectivity index (χ2v) is 7.42. The lowest BCUT2D eigenvalue weighted by Gasteiger charge is -2.24. The van der Waals surface area contributed by atoms with Crippen LogP contribution in [0, 0.1) is 6.92 Å². The molecule has 102 valence electrons. The molecule has 6 heteroatoms. The largest absolute Gasteiger partial charge is 0.369 e. The first-order valence-electron chi connectivity index (χ1n) is 6.41. The van der Waals surface area contributed by atoms with Crippen LogP contribution < -0.4 is 5.73 Å². The van der Waals surface area contributed by atoms with Gasteiger partial charge in [0.25, 0.3) is 0 Å². The molecule has 2 N–H and O–H groups in total. The van der Waals surface area contributed by atoms with Crippen LogP contribution in [0.4, 0.5) is 5.95 Å². The first kappa shape index (κ1) is 12.5. The van der Waals surface area contributed by atoms with Crippen LogP contribution in [0.15, 0.2) is 18.2 Å². The molecule has 1 unspecified atom stereocenters. The molecule has 19 heavy (non-hydrogen) atoms. The van der Waals surface area contributed by atoms with Gasteiger partial charge in [-0.2, -0.15) is 0 Å². The molecule has 3 rings (SSSR count). The predicted molar refractivity (Wildman–Crippen MR) is 75.8 cm³/mol. The Morgan fingerprint density at radius 3 is 2.95 bits per heavy atom. The normalized spacial score (nSPS) is 22.7. The molecule has 1 aromatic carbocycles. The van der Waals surface area contributed by atoms with Crippen LogP contribution in [0.25, 0.3) is 11.0 Å². The van der Waals surface area contributed by atoms with Gasteiger partial charge in [-0.1, -0.05) is 12.1 Å². The maximum atomic E-state index is 11.8. The Balaban J connectivity index is 2.15. The molecule has 1 fully saturated rings. The number of nitrogens with zero attached hydrogens (tertiary/aromatic N) is 2. The summed E-state index contributed by atoms with van der Waals surface area (Å²) in [4.78, 5) is 4.38. The summed E-state index contributed by atoms with van der Waals surface area (Å²) in [6.07, 6.45) is 1.53.